The van der Waals surface area contributed by atoms with Crippen LogP contribution in [-0.2, 0) is 4.74 Å². The predicted octanol–water partition coefficient (Wildman–Crippen LogP) is 4.04. The summed E-state index contributed by atoms with van der Waals surface area (Å²) in [5, 5.41) is 12.8. The molecule has 2 heterocycles. The topological polar surface area (TPSA) is 79.4 Å². The number of ether oxygens (including phenoxy) is 2. The smallest absolute Gasteiger partial charge is 0.168 e. The van der Waals surface area contributed by atoms with E-state index in [0.29, 0.717) is 17.4 Å². The highest BCUT2D eigenvalue weighted by Gasteiger charge is 2.15. The fourth-order valence-corrected chi connectivity index (χ4v) is 3.11. The van der Waals surface area contributed by atoms with Crippen LogP contribution in [0.2, 0.25) is 0 Å². The first kappa shape index (κ1) is 16.7. The van der Waals surface area contributed by atoms with Crippen LogP contribution in [0.25, 0.3) is 11.0 Å². The number of benzene rings is 2. The molecule has 0 saturated carbocycles. The predicted molar refractivity (Wildman–Crippen MR) is 96.3 cm³/mol. The summed E-state index contributed by atoms with van der Waals surface area (Å²) in [5.41, 5.74) is 2.53. The molecule has 1 aliphatic heterocycles. The van der Waals surface area contributed by atoms with Gasteiger partial charge in [0, 0.05) is 38.0 Å². The van der Waals surface area contributed by atoms with Crippen LogP contribution in [0.1, 0.15) is 12.8 Å². The average Bonchev–Trinajstić information content (AvgIpc) is 3.12. The van der Waals surface area contributed by atoms with Gasteiger partial charge in [-0.3, -0.25) is 0 Å². The lowest BCUT2D eigenvalue weighted by atomic mass is 10.0. The number of halogens is 1. The Morgan fingerprint density at radius 2 is 2.08 bits per heavy atom. The van der Waals surface area contributed by atoms with Crippen molar-refractivity contribution in [3.05, 3.63) is 42.5 Å². The highest BCUT2D eigenvalue weighted by molar-refractivity contribution is 5.89. The number of hydrogen-bond donors (Lipinski definition) is 3. The van der Waals surface area contributed by atoms with Crippen molar-refractivity contribution in [3.63, 3.8) is 0 Å². The molecule has 1 saturated heterocycles. The lowest BCUT2D eigenvalue weighted by Gasteiger charge is -2.22. The zero-order valence-electron chi connectivity index (χ0n) is 14.2. The zero-order chi connectivity index (χ0) is 17.9. The van der Waals surface area contributed by atoms with Crippen molar-refractivity contribution in [3.8, 4) is 17.2 Å². The van der Waals surface area contributed by atoms with E-state index in [1.807, 2.05) is 12.1 Å². The highest BCUT2D eigenvalue weighted by atomic mass is 19.1. The number of phenols is 1. The van der Waals surface area contributed by atoms with E-state index in [2.05, 4.69) is 15.3 Å². The number of aromatic hydroxyl groups is 1. The van der Waals surface area contributed by atoms with Crippen molar-refractivity contribution in [2.45, 2.75) is 12.8 Å². The molecule has 7 heteroatoms. The Balaban J connectivity index is 1.56. The van der Waals surface area contributed by atoms with Crippen molar-refractivity contribution in [1.29, 1.82) is 0 Å². The van der Waals surface area contributed by atoms with Crippen molar-refractivity contribution in [1.82, 2.24) is 9.97 Å². The number of fused-ring (bicyclic) bond motifs is 1. The molecule has 26 heavy (non-hydrogen) atoms. The Labute approximate surface area is 150 Å². The van der Waals surface area contributed by atoms with Gasteiger partial charge in [0.1, 0.15) is 17.0 Å². The van der Waals surface area contributed by atoms with Gasteiger partial charge in [0.15, 0.2) is 11.6 Å². The van der Waals surface area contributed by atoms with E-state index in [0.717, 1.165) is 55.4 Å². The molecule has 6 nitrogen and oxygen atoms in total. The SMILES string of the molecule is Oc1ccc(Oc2cc(NCC3CCOCC3)c3nc[nH]c3c2)cc1F. The van der Waals surface area contributed by atoms with E-state index in [1.54, 1.807) is 6.33 Å². The van der Waals surface area contributed by atoms with Crippen LogP contribution >= 0.6 is 0 Å². The number of H-pyrrole nitrogens is 1. The Kier molecular flexibility index (Phi) is 4.62. The van der Waals surface area contributed by atoms with Crippen LogP contribution in [-0.4, -0.2) is 34.8 Å². The van der Waals surface area contributed by atoms with Gasteiger partial charge in [-0.05, 0) is 30.9 Å². The van der Waals surface area contributed by atoms with Crippen molar-refractivity contribution in [2.75, 3.05) is 25.1 Å². The maximum absolute atomic E-state index is 13.5. The summed E-state index contributed by atoms with van der Waals surface area (Å²) in [6.45, 7) is 2.45. The molecule has 0 radical (unpaired) electrons. The average molecular weight is 357 g/mol. The van der Waals surface area contributed by atoms with Crippen molar-refractivity contribution >= 4 is 16.7 Å². The molecular weight excluding hydrogens is 337 g/mol. The Bertz CT molecular complexity index is 906. The third-order valence-corrected chi connectivity index (χ3v) is 4.57. The number of aromatic amines is 1. The quantitative estimate of drug-likeness (QED) is 0.642. The van der Waals surface area contributed by atoms with Crippen LogP contribution < -0.4 is 10.1 Å². The summed E-state index contributed by atoms with van der Waals surface area (Å²) in [4.78, 5) is 7.44. The van der Waals surface area contributed by atoms with Gasteiger partial charge in [-0.15, -0.1) is 0 Å². The van der Waals surface area contributed by atoms with Crippen LogP contribution in [0.3, 0.4) is 0 Å². The third-order valence-electron chi connectivity index (χ3n) is 4.57. The van der Waals surface area contributed by atoms with Crippen LogP contribution in [0.15, 0.2) is 36.7 Å². The maximum atomic E-state index is 13.5. The molecule has 0 bridgehead atoms. The van der Waals surface area contributed by atoms with E-state index < -0.39 is 11.6 Å². The molecule has 0 unspecified atom stereocenters. The molecule has 1 aromatic heterocycles. The standard InChI is InChI=1S/C19H20FN3O3/c20-15-7-13(1-2-18(15)24)26-14-8-16(19-17(9-14)22-11-23-19)21-10-12-3-5-25-6-4-12/h1-2,7-9,11-12,21,24H,3-6,10H2,(H,22,23). The van der Waals surface area contributed by atoms with Gasteiger partial charge < -0.3 is 24.9 Å². The number of hydrogen-bond acceptors (Lipinski definition) is 5. The Morgan fingerprint density at radius 1 is 1.23 bits per heavy atom. The van der Waals surface area contributed by atoms with Gasteiger partial charge in [-0.2, -0.15) is 0 Å². The third kappa shape index (κ3) is 3.57. The fraction of sp³-hybridized carbons (Fsp3) is 0.316. The summed E-state index contributed by atoms with van der Waals surface area (Å²) in [6.07, 6.45) is 3.72. The van der Waals surface area contributed by atoms with Crippen LogP contribution in [0.4, 0.5) is 10.1 Å². The van der Waals surface area contributed by atoms with E-state index >= 15 is 0 Å². The summed E-state index contributed by atoms with van der Waals surface area (Å²) < 4.78 is 24.7. The molecule has 0 amide bonds. The van der Waals surface area contributed by atoms with Crippen molar-refractivity contribution < 1.29 is 19.0 Å². The second-order valence-corrected chi connectivity index (χ2v) is 6.42. The summed E-state index contributed by atoms with van der Waals surface area (Å²) in [5.74, 6) is 0.313. The maximum Gasteiger partial charge on any atom is 0.168 e. The number of imidazole rings is 1. The fourth-order valence-electron chi connectivity index (χ4n) is 3.11. The van der Waals surface area contributed by atoms with E-state index in [1.165, 1.54) is 12.1 Å². The minimum atomic E-state index is -0.719. The van der Waals surface area contributed by atoms with Crippen LogP contribution in [0.5, 0.6) is 17.2 Å². The van der Waals surface area contributed by atoms with Gasteiger partial charge in [-0.25, -0.2) is 9.37 Å². The van der Waals surface area contributed by atoms with Crippen molar-refractivity contribution in [2.24, 2.45) is 5.92 Å². The van der Waals surface area contributed by atoms with Crippen LogP contribution in [0, 0.1) is 11.7 Å². The summed E-state index contributed by atoms with van der Waals surface area (Å²) >= 11 is 0. The zero-order valence-corrected chi connectivity index (χ0v) is 14.2. The molecule has 4 rings (SSSR count). The lowest BCUT2D eigenvalue weighted by molar-refractivity contribution is 0.0699. The van der Waals surface area contributed by atoms with E-state index in [9.17, 15) is 9.50 Å². The number of aromatic nitrogens is 2. The first-order valence-electron chi connectivity index (χ1n) is 8.64. The number of rotatable bonds is 5. The minimum Gasteiger partial charge on any atom is -0.505 e. The molecule has 1 aliphatic rings. The minimum absolute atomic E-state index is 0.314. The lowest BCUT2D eigenvalue weighted by Crippen LogP contribution is -2.22. The highest BCUT2D eigenvalue weighted by Crippen LogP contribution is 2.32. The molecule has 0 aliphatic carbocycles. The van der Waals surface area contributed by atoms with E-state index in [4.69, 9.17) is 9.47 Å². The molecule has 3 aromatic rings. The summed E-state index contributed by atoms with van der Waals surface area (Å²) in [6, 6.07) is 7.61. The van der Waals surface area contributed by atoms with Gasteiger partial charge in [-0.1, -0.05) is 0 Å². The number of phenolic OH excluding ortho intramolecular Hbond substituents is 1. The Morgan fingerprint density at radius 3 is 2.88 bits per heavy atom. The first-order chi connectivity index (χ1) is 12.7. The number of anilines is 1. The first-order valence-corrected chi connectivity index (χ1v) is 8.64. The van der Waals surface area contributed by atoms with Gasteiger partial charge >= 0.3 is 0 Å². The van der Waals surface area contributed by atoms with Gasteiger partial charge in [0.25, 0.3) is 0 Å². The monoisotopic (exact) mass is 357 g/mol. The normalized spacial score (nSPS) is 15.3. The van der Waals surface area contributed by atoms with E-state index in [-0.39, 0.29) is 0 Å². The van der Waals surface area contributed by atoms with Gasteiger partial charge in [0.2, 0.25) is 0 Å². The molecule has 136 valence electrons. The largest absolute Gasteiger partial charge is 0.505 e. The molecular formula is C19H20FN3O3. The van der Waals surface area contributed by atoms with Gasteiger partial charge in [0.05, 0.1) is 17.5 Å². The summed E-state index contributed by atoms with van der Waals surface area (Å²) in [7, 11) is 0. The molecule has 3 N–H and O–H groups in total. The molecule has 0 atom stereocenters. The number of nitrogens with one attached hydrogen (secondary N) is 2. The Hall–Kier alpha value is -2.80. The molecule has 2 aromatic carbocycles. The second-order valence-electron chi connectivity index (χ2n) is 6.42. The molecule has 1 fully saturated rings. The molecule has 0 spiro atoms. The second kappa shape index (κ2) is 7.21. The number of nitrogens with zero attached hydrogens (tertiary/aromatic N) is 1.